The molecule has 0 aromatic carbocycles. The number of anilines is 1. The first-order valence-corrected chi connectivity index (χ1v) is 11.5. The third-order valence-corrected chi connectivity index (χ3v) is 5.85. The van der Waals surface area contributed by atoms with Gasteiger partial charge in [-0.3, -0.25) is 4.79 Å². The quantitative estimate of drug-likeness (QED) is 0.556. The van der Waals surface area contributed by atoms with E-state index in [0.29, 0.717) is 48.3 Å². The average Bonchev–Trinajstić information content (AvgIpc) is 3.15. The summed E-state index contributed by atoms with van der Waals surface area (Å²) in [6.07, 6.45) is 4.71. The van der Waals surface area contributed by atoms with Gasteiger partial charge in [0.15, 0.2) is 17.0 Å². The Kier molecular flexibility index (Phi) is 6.50. The lowest BCUT2D eigenvalue weighted by Crippen LogP contribution is -2.58. The van der Waals surface area contributed by atoms with Gasteiger partial charge in [0.25, 0.3) is 0 Å². The van der Waals surface area contributed by atoms with E-state index in [2.05, 4.69) is 25.3 Å². The molecule has 3 aromatic heterocycles. The Hall–Kier alpha value is -3.18. The van der Waals surface area contributed by atoms with Gasteiger partial charge >= 0.3 is 0 Å². The highest BCUT2D eigenvalue weighted by Crippen LogP contribution is 2.28. The topological polar surface area (TPSA) is 131 Å². The molecule has 3 aromatic rings. The van der Waals surface area contributed by atoms with Crippen LogP contribution in [0.25, 0.3) is 22.6 Å². The number of imidazole rings is 1. The van der Waals surface area contributed by atoms with Crippen LogP contribution in [0.3, 0.4) is 0 Å². The van der Waals surface area contributed by atoms with Crippen molar-refractivity contribution in [3.8, 4) is 11.4 Å². The van der Waals surface area contributed by atoms with Crippen LogP contribution < -0.4 is 5.32 Å². The molecule has 4 rings (SSSR count). The van der Waals surface area contributed by atoms with E-state index in [0.717, 1.165) is 5.56 Å². The molecule has 1 aliphatic heterocycles. The largest absolute Gasteiger partial charge is 0.388 e. The molecule has 0 bridgehead atoms. The molecular weight excluding hydrogens is 436 g/mol. The molecule has 2 N–H and O–H groups in total. The Bertz CT molecular complexity index is 1160. The summed E-state index contributed by atoms with van der Waals surface area (Å²) < 4.78 is 7.71. The SMILES string of the molecule is CCn1c(-c2cnc(C)nc2)nc2c(NC(C(=O)N3C[C@@H](C)O[C@@H](C)C3)C(C)(C)O)ncnc21. The maximum absolute atomic E-state index is 13.5. The number of morpholine rings is 1. The van der Waals surface area contributed by atoms with E-state index >= 15 is 0 Å². The van der Waals surface area contributed by atoms with E-state index in [-0.39, 0.29) is 18.1 Å². The standard InChI is InChI=1S/C23H32N8O3/c1-7-31-20(16-8-24-15(4)25-9-16)28-17-19(26-12-27-21(17)31)29-18(23(5,6)33)22(32)30-10-13(2)34-14(3)11-30/h8-9,12-14,18,33H,7,10-11H2,1-6H3,(H,26,27,29)/t13-,14+,18?. The molecule has 1 fully saturated rings. The summed E-state index contributed by atoms with van der Waals surface area (Å²) in [6.45, 7) is 12.4. The molecule has 1 saturated heterocycles. The number of carbonyl (C=O) groups excluding carboxylic acids is 1. The van der Waals surface area contributed by atoms with Crippen LogP contribution in [-0.4, -0.2) is 82.3 Å². The molecule has 11 nitrogen and oxygen atoms in total. The van der Waals surface area contributed by atoms with Crippen molar-refractivity contribution in [3.05, 3.63) is 24.5 Å². The zero-order chi connectivity index (χ0) is 24.6. The van der Waals surface area contributed by atoms with Crippen LogP contribution >= 0.6 is 0 Å². The second-order valence-electron chi connectivity index (χ2n) is 9.32. The molecule has 1 unspecified atom stereocenters. The number of aliphatic hydroxyl groups is 1. The van der Waals surface area contributed by atoms with E-state index < -0.39 is 11.6 Å². The Morgan fingerprint density at radius 3 is 2.44 bits per heavy atom. The first-order valence-electron chi connectivity index (χ1n) is 11.5. The summed E-state index contributed by atoms with van der Waals surface area (Å²) in [4.78, 5) is 37.4. The number of hydrogen-bond donors (Lipinski definition) is 2. The van der Waals surface area contributed by atoms with Gasteiger partial charge in [0, 0.05) is 32.0 Å². The van der Waals surface area contributed by atoms with E-state index in [9.17, 15) is 9.90 Å². The molecule has 1 amide bonds. The first-order chi connectivity index (χ1) is 16.1. The number of nitrogens with zero attached hydrogens (tertiary/aromatic N) is 7. The first kappa shape index (κ1) is 24.0. The Labute approximate surface area is 198 Å². The highest BCUT2D eigenvalue weighted by molar-refractivity contribution is 5.91. The predicted octanol–water partition coefficient (Wildman–Crippen LogP) is 1.80. The second kappa shape index (κ2) is 9.22. The fraction of sp³-hybridized carbons (Fsp3) is 0.565. The predicted molar refractivity (Wildman–Crippen MR) is 127 cm³/mol. The molecule has 0 saturated carbocycles. The minimum absolute atomic E-state index is 0.0829. The highest BCUT2D eigenvalue weighted by Gasteiger charge is 2.39. The number of fused-ring (bicyclic) bond motifs is 1. The fourth-order valence-electron chi connectivity index (χ4n) is 4.29. The van der Waals surface area contributed by atoms with Crippen molar-refractivity contribution in [3.63, 3.8) is 0 Å². The van der Waals surface area contributed by atoms with Gasteiger partial charge in [0.2, 0.25) is 5.91 Å². The number of carbonyl (C=O) groups is 1. The Morgan fingerprint density at radius 1 is 1.21 bits per heavy atom. The minimum atomic E-state index is -1.36. The molecule has 0 aliphatic carbocycles. The second-order valence-corrected chi connectivity index (χ2v) is 9.32. The zero-order valence-electron chi connectivity index (χ0n) is 20.5. The smallest absolute Gasteiger partial charge is 0.248 e. The van der Waals surface area contributed by atoms with Crippen LogP contribution in [0.1, 0.15) is 40.4 Å². The number of rotatable bonds is 6. The number of nitrogens with one attached hydrogen (secondary N) is 1. The van der Waals surface area contributed by atoms with Gasteiger partial charge < -0.3 is 24.6 Å². The normalized spacial score (nSPS) is 19.9. The van der Waals surface area contributed by atoms with Crippen molar-refractivity contribution in [2.45, 2.75) is 71.9 Å². The molecule has 182 valence electrons. The van der Waals surface area contributed by atoms with Crippen molar-refractivity contribution in [2.75, 3.05) is 18.4 Å². The van der Waals surface area contributed by atoms with Crippen molar-refractivity contribution >= 4 is 22.9 Å². The fourth-order valence-corrected chi connectivity index (χ4v) is 4.29. The number of aryl methyl sites for hydroxylation is 2. The molecule has 1 aliphatic rings. The lowest BCUT2D eigenvalue weighted by atomic mass is 9.96. The van der Waals surface area contributed by atoms with Crippen LogP contribution in [0.15, 0.2) is 18.7 Å². The number of aromatic nitrogens is 6. The van der Waals surface area contributed by atoms with Gasteiger partial charge in [-0.05, 0) is 41.5 Å². The molecule has 3 atom stereocenters. The van der Waals surface area contributed by atoms with Gasteiger partial charge in [-0.1, -0.05) is 0 Å². The summed E-state index contributed by atoms with van der Waals surface area (Å²) in [5.41, 5.74) is 0.514. The summed E-state index contributed by atoms with van der Waals surface area (Å²) in [6, 6.07) is -0.943. The summed E-state index contributed by atoms with van der Waals surface area (Å²) in [7, 11) is 0. The lowest BCUT2D eigenvalue weighted by molar-refractivity contribution is -0.148. The molecular formula is C23H32N8O3. The lowest BCUT2D eigenvalue weighted by Gasteiger charge is -2.39. The summed E-state index contributed by atoms with van der Waals surface area (Å²) >= 11 is 0. The monoisotopic (exact) mass is 468 g/mol. The van der Waals surface area contributed by atoms with Crippen LogP contribution in [0.2, 0.25) is 0 Å². The molecule has 0 radical (unpaired) electrons. The van der Waals surface area contributed by atoms with Gasteiger partial charge in [0.05, 0.1) is 23.4 Å². The summed E-state index contributed by atoms with van der Waals surface area (Å²) in [5, 5.41) is 14.1. The Balaban J connectivity index is 1.73. The highest BCUT2D eigenvalue weighted by atomic mass is 16.5. The van der Waals surface area contributed by atoms with Crippen LogP contribution in [0, 0.1) is 6.92 Å². The zero-order valence-corrected chi connectivity index (χ0v) is 20.5. The van der Waals surface area contributed by atoms with Crippen LogP contribution in [0.4, 0.5) is 5.82 Å². The van der Waals surface area contributed by atoms with Crippen molar-refractivity contribution in [1.82, 2.24) is 34.4 Å². The molecule has 0 spiro atoms. The van der Waals surface area contributed by atoms with Crippen molar-refractivity contribution in [1.29, 1.82) is 0 Å². The van der Waals surface area contributed by atoms with Crippen molar-refractivity contribution in [2.24, 2.45) is 0 Å². The van der Waals surface area contributed by atoms with E-state index in [1.54, 1.807) is 31.1 Å². The molecule has 11 heteroatoms. The van der Waals surface area contributed by atoms with Gasteiger partial charge in [-0.25, -0.2) is 24.9 Å². The van der Waals surface area contributed by atoms with Crippen LogP contribution in [-0.2, 0) is 16.1 Å². The maximum atomic E-state index is 13.5. The average molecular weight is 469 g/mol. The van der Waals surface area contributed by atoms with Gasteiger partial charge in [0.1, 0.15) is 24.0 Å². The van der Waals surface area contributed by atoms with E-state index in [1.807, 2.05) is 32.3 Å². The summed E-state index contributed by atoms with van der Waals surface area (Å²) in [5.74, 6) is 1.48. The third-order valence-electron chi connectivity index (χ3n) is 5.85. The molecule has 4 heterocycles. The van der Waals surface area contributed by atoms with Crippen LogP contribution in [0.5, 0.6) is 0 Å². The molecule has 34 heavy (non-hydrogen) atoms. The van der Waals surface area contributed by atoms with Gasteiger partial charge in [-0.2, -0.15) is 0 Å². The minimum Gasteiger partial charge on any atom is -0.388 e. The maximum Gasteiger partial charge on any atom is 0.248 e. The number of ether oxygens (including phenoxy) is 1. The van der Waals surface area contributed by atoms with E-state index in [1.165, 1.54) is 6.33 Å². The third kappa shape index (κ3) is 4.71. The van der Waals surface area contributed by atoms with E-state index in [4.69, 9.17) is 9.72 Å². The van der Waals surface area contributed by atoms with Crippen molar-refractivity contribution < 1.29 is 14.6 Å². The Morgan fingerprint density at radius 2 is 1.85 bits per heavy atom. The number of amides is 1. The number of hydrogen-bond acceptors (Lipinski definition) is 9. The van der Waals surface area contributed by atoms with Gasteiger partial charge in [-0.15, -0.1) is 0 Å².